The molecule has 0 bridgehead atoms. The van der Waals surface area contributed by atoms with Crippen LogP contribution in [0.4, 0.5) is 0 Å². The molecule has 0 rings (SSSR count). The van der Waals surface area contributed by atoms with E-state index in [1.165, 1.54) is 12.3 Å². The predicted octanol–water partition coefficient (Wildman–Crippen LogP) is 2.28. The predicted molar refractivity (Wildman–Crippen MR) is 49.2 cm³/mol. The molecule has 0 aliphatic carbocycles. The highest BCUT2D eigenvalue weighted by Crippen LogP contribution is 2.37. The molecule has 0 fully saturated rings. The van der Waals surface area contributed by atoms with Gasteiger partial charge < -0.3 is 5.11 Å². The molecule has 0 radical (unpaired) electrons. The summed E-state index contributed by atoms with van der Waals surface area (Å²) in [6.45, 7) is 8.21. The molecule has 0 atom stereocenters. The summed E-state index contributed by atoms with van der Waals surface area (Å²) >= 11 is 0. The first-order valence-electron chi connectivity index (χ1n) is 3.94. The van der Waals surface area contributed by atoms with Crippen molar-refractivity contribution in [1.82, 2.24) is 0 Å². The Morgan fingerprint density at radius 3 is 1.70 bits per heavy atom. The topological polar surface area (TPSA) is 20.2 Å². The minimum atomic E-state index is -0.447. The molecule has 1 N–H and O–H groups in total. The third kappa shape index (κ3) is 5.20. The van der Waals surface area contributed by atoms with E-state index < -0.39 is 5.60 Å². The van der Waals surface area contributed by atoms with Gasteiger partial charge in [-0.1, -0.05) is 13.8 Å². The van der Waals surface area contributed by atoms with E-state index >= 15 is 0 Å². The van der Waals surface area contributed by atoms with Gasteiger partial charge in [0.1, 0.15) is 0 Å². The van der Waals surface area contributed by atoms with Crippen LogP contribution >= 0.6 is 7.92 Å². The number of rotatable bonds is 4. The summed E-state index contributed by atoms with van der Waals surface area (Å²) in [4.78, 5) is 0. The zero-order valence-electron chi connectivity index (χ0n) is 7.52. The molecule has 0 aromatic rings. The lowest BCUT2D eigenvalue weighted by atomic mass is 10.2. The first-order valence-corrected chi connectivity index (χ1v) is 5.84. The highest BCUT2D eigenvalue weighted by atomic mass is 31.1. The van der Waals surface area contributed by atoms with Crippen LogP contribution in [0.2, 0.25) is 0 Å². The average Bonchev–Trinajstić information content (AvgIpc) is 1.81. The van der Waals surface area contributed by atoms with Gasteiger partial charge in [0.2, 0.25) is 0 Å². The summed E-state index contributed by atoms with van der Waals surface area (Å²) in [6, 6.07) is 0. The van der Waals surface area contributed by atoms with Gasteiger partial charge in [0, 0.05) is 0 Å². The van der Waals surface area contributed by atoms with Crippen LogP contribution in [0.3, 0.4) is 0 Å². The van der Waals surface area contributed by atoms with Crippen LogP contribution in [0, 0.1) is 0 Å². The van der Waals surface area contributed by atoms with Crippen molar-refractivity contribution in [2.75, 3.05) is 18.5 Å². The zero-order chi connectivity index (χ0) is 8.20. The van der Waals surface area contributed by atoms with E-state index in [0.29, 0.717) is 0 Å². The summed E-state index contributed by atoms with van der Waals surface area (Å²) in [7, 11) is 0.106. The van der Waals surface area contributed by atoms with Gasteiger partial charge >= 0.3 is 0 Å². The average molecular weight is 162 g/mol. The lowest BCUT2D eigenvalue weighted by Crippen LogP contribution is -2.23. The van der Waals surface area contributed by atoms with Gasteiger partial charge in [-0.05, 0) is 32.3 Å². The normalized spacial score (nSPS) is 12.6. The minimum Gasteiger partial charge on any atom is -0.390 e. The van der Waals surface area contributed by atoms with E-state index in [0.717, 1.165) is 6.16 Å². The van der Waals surface area contributed by atoms with Crippen LogP contribution in [0.25, 0.3) is 0 Å². The Hall–Kier alpha value is 0.390. The maximum atomic E-state index is 9.47. The van der Waals surface area contributed by atoms with Crippen LogP contribution in [0.15, 0.2) is 0 Å². The summed E-state index contributed by atoms with van der Waals surface area (Å²) in [5.74, 6) is 0. The summed E-state index contributed by atoms with van der Waals surface area (Å²) in [5, 5.41) is 9.47. The Morgan fingerprint density at radius 1 is 1.20 bits per heavy atom. The van der Waals surface area contributed by atoms with Gasteiger partial charge in [0.15, 0.2) is 0 Å². The van der Waals surface area contributed by atoms with Gasteiger partial charge in [0.05, 0.1) is 5.60 Å². The molecule has 0 amide bonds. The lowest BCUT2D eigenvalue weighted by Gasteiger charge is -2.23. The molecule has 0 aromatic carbocycles. The highest BCUT2D eigenvalue weighted by molar-refractivity contribution is 7.57. The molecule has 0 aliphatic heterocycles. The molecule has 0 spiro atoms. The van der Waals surface area contributed by atoms with E-state index in [1.54, 1.807) is 0 Å². The fourth-order valence-corrected chi connectivity index (χ4v) is 2.98. The smallest absolute Gasteiger partial charge is 0.0630 e. The SMILES string of the molecule is CCP(CC)CC(C)(C)O. The first kappa shape index (κ1) is 10.4. The van der Waals surface area contributed by atoms with Crippen LogP contribution in [-0.4, -0.2) is 29.2 Å². The van der Waals surface area contributed by atoms with Crippen molar-refractivity contribution in [3.63, 3.8) is 0 Å². The van der Waals surface area contributed by atoms with Crippen molar-refractivity contribution in [1.29, 1.82) is 0 Å². The van der Waals surface area contributed by atoms with Crippen LogP contribution < -0.4 is 0 Å². The van der Waals surface area contributed by atoms with E-state index in [-0.39, 0.29) is 7.92 Å². The fraction of sp³-hybridized carbons (Fsp3) is 1.00. The molecule has 2 heteroatoms. The molecule has 1 nitrogen and oxygen atoms in total. The van der Waals surface area contributed by atoms with E-state index in [9.17, 15) is 5.11 Å². The maximum absolute atomic E-state index is 9.47. The van der Waals surface area contributed by atoms with E-state index in [1.807, 2.05) is 13.8 Å². The van der Waals surface area contributed by atoms with Crippen molar-refractivity contribution in [3.8, 4) is 0 Å². The minimum absolute atomic E-state index is 0.106. The quantitative estimate of drug-likeness (QED) is 0.629. The number of hydrogen-bond donors (Lipinski definition) is 1. The van der Waals surface area contributed by atoms with Gasteiger partial charge in [-0.25, -0.2) is 0 Å². The monoisotopic (exact) mass is 162 g/mol. The van der Waals surface area contributed by atoms with Gasteiger partial charge in [-0.15, -0.1) is 7.92 Å². The number of aliphatic hydroxyl groups is 1. The van der Waals surface area contributed by atoms with Gasteiger partial charge in [-0.2, -0.15) is 0 Å². The lowest BCUT2D eigenvalue weighted by molar-refractivity contribution is 0.106. The summed E-state index contributed by atoms with van der Waals surface area (Å²) < 4.78 is 0. The second kappa shape index (κ2) is 4.31. The molecule has 0 aliphatic rings. The maximum Gasteiger partial charge on any atom is 0.0630 e. The molecule has 10 heavy (non-hydrogen) atoms. The highest BCUT2D eigenvalue weighted by Gasteiger charge is 2.16. The zero-order valence-corrected chi connectivity index (χ0v) is 8.41. The third-order valence-electron chi connectivity index (χ3n) is 1.50. The Morgan fingerprint density at radius 2 is 1.60 bits per heavy atom. The second-order valence-corrected chi connectivity index (χ2v) is 6.20. The molecule has 0 heterocycles. The Kier molecular flexibility index (Phi) is 4.47. The molecule has 0 aromatic heterocycles. The van der Waals surface area contributed by atoms with Crippen molar-refractivity contribution in [3.05, 3.63) is 0 Å². The van der Waals surface area contributed by atoms with Crippen molar-refractivity contribution in [2.24, 2.45) is 0 Å². The Balaban J connectivity index is 3.63. The third-order valence-corrected chi connectivity index (χ3v) is 4.51. The van der Waals surface area contributed by atoms with Crippen LogP contribution in [-0.2, 0) is 0 Å². The molecule has 0 saturated heterocycles. The molecule has 0 unspecified atom stereocenters. The first-order chi connectivity index (χ1) is 4.49. The Labute approximate surface area is 65.6 Å². The van der Waals surface area contributed by atoms with Crippen molar-refractivity contribution >= 4 is 7.92 Å². The van der Waals surface area contributed by atoms with Crippen molar-refractivity contribution in [2.45, 2.75) is 33.3 Å². The standard InChI is InChI=1S/C8H19OP/c1-5-10(6-2)7-8(3,4)9/h9H,5-7H2,1-4H3. The fourth-order valence-electron chi connectivity index (χ4n) is 0.994. The Bertz CT molecular complexity index is 81.7. The molecular weight excluding hydrogens is 143 g/mol. The van der Waals surface area contributed by atoms with Crippen LogP contribution in [0.5, 0.6) is 0 Å². The van der Waals surface area contributed by atoms with E-state index in [4.69, 9.17) is 0 Å². The molecular formula is C8H19OP. The molecule has 0 saturated carbocycles. The van der Waals surface area contributed by atoms with Gasteiger partial charge in [0.25, 0.3) is 0 Å². The molecule has 62 valence electrons. The largest absolute Gasteiger partial charge is 0.390 e. The van der Waals surface area contributed by atoms with Crippen LogP contribution in [0.1, 0.15) is 27.7 Å². The van der Waals surface area contributed by atoms with Gasteiger partial charge in [-0.3, -0.25) is 0 Å². The summed E-state index contributed by atoms with van der Waals surface area (Å²) in [6.07, 6.45) is 3.49. The summed E-state index contributed by atoms with van der Waals surface area (Å²) in [5.41, 5.74) is -0.447. The number of hydrogen-bond acceptors (Lipinski definition) is 1. The van der Waals surface area contributed by atoms with Crippen molar-refractivity contribution < 1.29 is 5.11 Å². The van der Waals surface area contributed by atoms with E-state index in [2.05, 4.69) is 13.8 Å². The second-order valence-electron chi connectivity index (χ2n) is 3.27.